The zero-order valence-corrected chi connectivity index (χ0v) is 10.2. The third kappa shape index (κ3) is 2.68. The molecule has 0 aromatic heterocycles. The van der Waals surface area contributed by atoms with Crippen molar-refractivity contribution in [1.29, 1.82) is 0 Å². The lowest BCUT2D eigenvalue weighted by Crippen LogP contribution is -2.42. The molecule has 1 unspecified atom stereocenters. The topological polar surface area (TPSA) is 69.6 Å². The Balaban J connectivity index is 2.18. The van der Waals surface area contributed by atoms with Crippen molar-refractivity contribution in [2.24, 2.45) is 0 Å². The Morgan fingerprint density at radius 3 is 2.65 bits per heavy atom. The molecule has 0 radical (unpaired) electrons. The molecule has 1 heterocycles. The van der Waals surface area contributed by atoms with Crippen molar-refractivity contribution in [2.45, 2.75) is 18.9 Å². The van der Waals surface area contributed by atoms with Crippen LogP contribution in [0.25, 0.3) is 0 Å². The van der Waals surface area contributed by atoms with Crippen LogP contribution < -0.4 is 5.32 Å². The fourth-order valence-corrected chi connectivity index (χ4v) is 2.10. The predicted octanol–water partition coefficient (Wildman–Crippen LogP) is 2.18. The highest BCUT2D eigenvalue weighted by atomic mass is 19.2. The van der Waals surface area contributed by atoms with Crippen molar-refractivity contribution in [3.8, 4) is 0 Å². The smallest absolute Gasteiger partial charge is 0.326 e. The van der Waals surface area contributed by atoms with E-state index in [1.165, 1.54) is 0 Å². The lowest BCUT2D eigenvalue weighted by molar-refractivity contribution is -0.141. The molecular formula is C12H11F3N2O3. The molecule has 108 valence electrons. The highest BCUT2D eigenvalue weighted by Gasteiger charge is 2.34. The Kier molecular flexibility index (Phi) is 3.82. The number of benzene rings is 1. The molecule has 1 aromatic rings. The summed E-state index contributed by atoms with van der Waals surface area (Å²) < 4.78 is 39.4. The van der Waals surface area contributed by atoms with Gasteiger partial charge < -0.3 is 15.3 Å². The van der Waals surface area contributed by atoms with Crippen LogP contribution in [0, 0.1) is 17.5 Å². The van der Waals surface area contributed by atoms with Gasteiger partial charge in [0, 0.05) is 18.7 Å². The Hall–Kier alpha value is -2.25. The van der Waals surface area contributed by atoms with Crippen molar-refractivity contribution < 1.29 is 27.9 Å². The summed E-state index contributed by atoms with van der Waals surface area (Å²) in [6.45, 7) is 0.183. The summed E-state index contributed by atoms with van der Waals surface area (Å²) in [4.78, 5) is 23.8. The maximum absolute atomic E-state index is 13.4. The summed E-state index contributed by atoms with van der Waals surface area (Å²) in [6, 6.07) is -0.946. The molecule has 0 spiro atoms. The van der Waals surface area contributed by atoms with E-state index in [1.54, 1.807) is 0 Å². The minimum absolute atomic E-state index is 0.183. The number of rotatable bonds is 2. The second-order valence-corrected chi connectivity index (χ2v) is 4.37. The van der Waals surface area contributed by atoms with Gasteiger partial charge in [0.05, 0.1) is 5.69 Å². The summed E-state index contributed by atoms with van der Waals surface area (Å²) in [6.07, 6.45) is 0.771. The highest BCUT2D eigenvalue weighted by Crippen LogP contribution is 2.22. The van der Waals surface area contributed by atoms with E-state index in [0.29, 0.717) is 18.6 Å². The van der Waals surface area contributed by atoms with E-state index in [1.807, 2.05) is 5.32 Å². The lowest BCUT2D eigenvalue weighted by Gasteiger charge is -2.22. The largest absolute Gasteiger partial charge is 0.480 e. The number of anilines is 1. The van der Waals surface area contributed by atoms with E-state index in [0.717, 1.165) is 4.90 Å². The van der Waals surface area contributed by atoms with Gasteiger partial charge in [-0.3, -0.25) is 0 Å². The zero-order chi connectivity index (χ0) is 14.9. The quantitative estimate of drug-likeness (QED) is 0.819. The molecule has 5 nitrogen and oxygen atoms in total. The molecule has 1 aliphatic heterocycles. The van der Waals surface area contributed by atoms with Crippen LogP contribution >= 0.6 is 0 Å². The van der Waals surface area contributed by atoms with Crippen molar-refractivity contribution in [3.05, 3.63) is 29.6 Å². The van der Waals surface area contributed by atoms with Crippen LogP contribution in [0.2, 0.25) is 0 Å². The number of carboxylic acids is 1. The first kappa shape index (κ1) is 14.2. The summed E-state index contributed by atoms with van der Waals surface area (Å²) in [5.41, 5.74) is -0.663. The number of hydrogen-bond acceptors (Lipinski definition) is 2. The Morgan fingerprint density at radius 2 is 2.00 bits per heavy atom. The van der Waals surface area contributed by atoms with Gasteiger partial charge in [0.1, 0.15) is 11.9 Å². The summed E-state index contributed by atoms with van der Waals surface area (Å²) in [5, 5.41) is 10.9. The maximum Gasteiger partial charge on any atom is 0.326 e. The molecule has 2 amide bonds. The van der Waals surface area contributed by atoms with Gasteiger partial charge in [0.25, 0.3) is 0 Å². The van der Waals surface area contributed by atoms with Crippen LogP contribution in [0.15, 0.2) is 12.1 Å². The molecule has 1 aromatic carbocycles. The van der Waals surface area contributed by atoms with Crippen LogP contribution in [-0.2, 0) is 4.79 Å². The molecule has 2 N–H and O–H groups in total. The Bertz CT molecular complexity index is 565. The van der Waals surface area contributed by atoms with Gasteiger partial charge in [-0.05, 0) is 12.8 Å². The summed E-state index contributed by atoms with van der Waals surface area (Å²) in [5.74, 6) is -5.05. The normalized spacial score (nSPS) is 18.1. The molecule has 2 rings (SSSR count). The standard InChI is InChI=1S/C12H11F3N2O3/c13-6-4-7(14)10(15)8(5-6)16-12(20)17-3-1-2-9(17)11(18)19/h4-5,9H,1-3H2,(H,16,20)(H,18,19). The van der Waals surface area contributed by atoms with Crippen molar-refractivity contribution >= 4 is 17.7 Å². The monoisotopic (exact) mass is 288 g/mol. The minimum Gasteiger partial charge on any atom is -0.480 e. The molecule has 8 heteroatoms. The molecule has 0 aliphatic carbocycles. The molecule has 0 bridgehead atoms. The van der Waals surface area contributed by atoms with Gasteiger partial charge in [-0.25, -0.2) is 22.8 Å². The average Bonchev–Trinajstić information content (AvgIpc) is 2.84. The SMILES string of the molecule is O=C(O)C1CCCN1C(=O)Nc1cc(F)cc(F)c1F. The third-order valence-corrected chi connectivity index (χ3v) is 3.03. The number of carboxylic acid groups (broad SMARTS) is 1. The number of likely N-dealkylation sites (tertiary alicyclic amines) is 1. The number of nitrogens with zero attached hydrogens (tertiary/aromatic N) is 1. The predicted molar refractivity (Wildman–Crippen MR) is 62.7 cm³/mol. The first-order chi connectivity index (χ1) is 9.40. The molecular weight excluding hydrogens is 277 g/mol. The van der Waals surface area contributed by atoms with E-state index in [4.69, 9.17) is 5.11 Å². The minimum atomic E-state index is -1.43. The molecule has 0 saturated carbocycles. The number of amides is 2. The van der Waals surface area contributed by atoms with Crippen LogP contribution in [0.5, 0.6) is 0 Å². The number of hydrogen-bond donors (Lipinski definition) is 2. The second kappa shape index (κ2) is 5.40. The van der Waals surface area contributed by atoms with Gasteiger partial charge in [-0.1, -0.05) is 0 Å². The lowest BCUT2D eigenvalue weighted by atomic mass is 10.2. The Morgan fingerprint density at radius 1 is 1.30 bits per heavy atom. The van der Waals surface area contributed by atoms with Crippen LogP contribution in [0.3, 0.4) is 0 Å². The first-order valence-electron chi connectivity index (χ1n) is 5.85. The van der Waals surface area contributed by atoms with E-state index in [9.17, 15) is 22.8 Å². The number of aliphatic carboxylic acids is 1. The van der Waals surface area contributed by atoms with Gasteiger partial charge in [-0.15, -0.1) is 0 Å². The van der Waals surface area contributed by atoms with E-state index in [2.05, 4.69) is 0 Å². The van der Waals surface area contributed by atoms with Crippen molar-refractivity contribution in [3.63, 3.8) is 0 Å². The van der Waals surface area contributed by atoms with Crippen molar-refractivity contribution in [1.82, 2.24) is 4.90 Å². The van der Waals surface area contributed by atoms with Crippen LogP contribution in [0.4, 0.5) is 23.7 Å². The fourth-order valence-electron chi connectivity index (χ4n) is 2.10. The Labute approximate surface area is 112 Å². The van der Waals surface area contributed by atoms with Crippen molar-refractivity contribution in [2.75, 3.05) is 11.9 Å². The summed E-state index contributed by atoms with van der Waals surface area (Å²) >= 11 is 0. The summed E-state index contributed by atoms with van der Waals surface area (Å²) in [7, 11) is 0. The van der Waals surface area contributed by atoms with Crippen LogP contribution in [-0.4, -0.2) is 34.6 Å². The van der Waals surface area contributed by atoms with E-state index in [-0.39, 0.29) is 13.0 Å². The number of halogens is 3. The molecule has 1 atom stereocenters. The van der Waals surface area contributed by atoms with E-state index < -0.39 is 41.2 Å². The van der Waals surface area contributed by atoms with Gasteiger partial charge in [0.2, 0.25) is 0 Å². The third-order valence-electron chi connectivity index (χ3n) is 3.03. The van der Waals surface area contributed by atoms with Gasteiger partial charge in [0.15, 0.2) is 11.6 Å². The highest BCUT2D eigenvalue weighted by molar-refractivity contribution is 5.92. The molecule has 1 saturated heterocycles. The van der Waals surface area contributed by atoms with E-state index >= 15 is 0 Å². The molecule has 1 aliphatic rings. The average molecular weight is 288 g/mol. The first-order valence-corrected chi connectivity index (χ1v) is 5.85. The number of urea groups is 1. The maximum atomic E-state index is 13.4. The number of carbonyl (C=O) groups excluding carboxylic acids is 1. The van der Waals surface area contributed by atoms with Crippen LogP contribution in [0.1, 0.15) is 12.8 Å². The number of carbonyl (C=O) groups is 2. The number of nitrogens with one attached hydrogen (secondary N) is 1. The molecule has 20 heavy (non-hydrogen) atoms. The molecule has 1 fully saturated rings. The second-order valence-electron chi connectivity index (χ2n) is 4.37. The fraction of sp³-hybridized carbons (Fsp3) is 0.333. The zero-order valence-electron chi connectivity index (χ0n) is 10.2. The van der Waals surface area contributed by atoms with Gasteiger partial charge in [-0.2, -0.15) is 0 Å². The van der Waals surface area contributed by atoms with Gasteiger partial charge >= 0.3 is 12.0 Å².